The molecule has 2 aromatic rings. The number of nitrogens with zero attached hydrogens (tertiary/aromatic N) is 5. The molecule has 126 valence electrons. The van der Waals surface area contributed by atoms with Crippen LogP contribution in [0.2, 0.25) is 0 Å². The Morgan fingerprint density at radius 1 is 1.28 bits per heavy atom. The van der Waals surface area contributed by atoms with Gasteiger partial charge in [-0.1, -0.05) is 0 Å². The van der Waals surface area contributed by atoms with Crippen LogP contribution in [0.3, 0.4) is 0 Å². The number of hydrogen-bond acceptors (Lipinski definition) is 7. The lowest BCUT2D eigenvalue weighted by Crippen LogP contribution is -2.38. The van der Waals surface area contributed by atoms with Gasteiger partial charge in [0.2, 0.25) is 5.60 Å². The molecule has 1 aliphatic carbocycles. The molecule has 1 amide bonds. The van der Waals surface area contributed by atoms with E-state index in [0.29, 0.717) is 23.2 Å². The predicted octanol–water partition coefficient (Wildman–Crippen LogP) is 1.48. The van der Waals surface area contributed by atoms with E-state index in [1.165, 1.54) is 11.2 Å². The molecule has 25 heavy (non-hydrogen) atoms. The van der Waals surface area contributed by atoms with E-state index in [4.69, 9.17) is 5.26 Å². The highest BCUT2D eigenvalue weighted by Gasteiger charge is 2.46. The lowest BCUT2D eigenvalue weighted by Gasteiger charge is -2.18. The van der Waals surface area contributed by atoms with Crippen molar-refractivity contribution in [1.29, 1.82) is 5.26 Å². The highest BCUT2D eigenvalue weighted by molar-refractivity contribution is 6.03. The third kappa shape index (κ3) is 2.90. The maximum Gasteiger partial charge on any atom is 0.273 e. The van der Waals surface area contributed by atoms with Crippen LogP contribution < -0.4 is 10.2 Å². The molecule has 0 unspecified atom stereocenters. The minimum Gasteiger partial charge on any atom is -0.368 e. The number of anilines is 3. The van der Waals surface area contributed by atoms with Gasteiger partial charge in [0.1, 0.15) is 24.0 Å². The van der Waals surface area contributed by atoms with Gasteiger partial charge < -0.3 is 15.3 Å². The van der Waals surface area contributed by atoms with Gasteiger partial charge in [0.25, 0.3) is 5.91 Å². The molecule has 0 aromatic carbocycles. The fourth-order valence-corrected chi connectivity index (χ4v) is 2.89. The standard InChI is InChI=1S/C17H16N6O2/c18-9-17(25)4-6-23(16(17)24)12-3-5-19-14(7-12)22-15-8-13(11-1-2-11)20-10-21-15/h3,5,7-8,10-11,25H,1-2,4,6H2,(H,19,20,21,22)/t17-/m0/s1. The van der Waals surface area contributed by atoms with E-state index in [2.05, 4.69) is 20.3 Å². The van der Waals surface area contributed by atoms with Crippen LogP contribution >= 0.6 is 0 Å². The highest BCUT2D eigenvalue weighted by atomic mass is 16.3. The third-order valence-electron chi connectivity index (χ3n) is 4.48. The molecule has 1 saturated heterocycles. The number of carbonyl (C=O) groups excluding carboxylic acids is 1. The first-order valence-electron chi connectivity index (χ1n) is 8.10. The van der Waals surface area contributed by atoms with Gasteiger partial charge in [-0.05, 0) is 18.9 Å². The smallest absolute Gasteiger partial charge is 0.273 e. The summed E-state index contributed by atoms with van der Waals surface area (Å²) in [5.74, 6) is 1.08. The Balaban J connectivity index is 1.55. The predicted molar refractivity (Wildman–Crippen MR) is 89.1 cm³/mol. The number of hydrogen-bond donors (Lipinski definition) is 2. The van der Waals surface area contributed by atoms with Gasteiger partial charge in [0, 0.05) is 48.6 Å². The molecule has 2 fully saturated rings. The Hall–Kier alpha value is -3.05. The molecule has 8 nitrogen and oxygen atoms in total. The fraction of sp³-hybridized carbons (Fsp3) is 0.353. The first kappa shape index (κ1) is 15.5. The van der Waals surface area contributed by atoms with Gasteiger partial charge in [-0.2, -0.15) is 5.26 Å². The number of nitriles is 1. The summed E-state index contributed by atoms with van der Waals surface area (Å²) in [5, 5.41) is 22.1. The largest absolute Gasteiger partial charge is 0.368 e. The molecule has 1 saturated carbocycles. The van der Waals surface area contributed by atoms with Crippen LogP contribution in [-0.2, 0) is 4.79 Å². The van der Waals surface area contributed by atoms with Crippen molar-refractivity contribution in [3.63, 3.8) is 0 Å². The van der Waals surface area contributed by atoms with Crippen LogP contribution in [0.25, 0.3) is 0 Å². The number of amides is 1. The Kier molecular flexibility index (Phi) is 3.58. The number of nitrogens with one attached hydrogen (secondary N) is 1. The number of aliphatic hydroxyl groups is 1. The molecule has 1 atom stereocenters. The second kappa shape index (κ2) is 5.79. The lowest BCUT2D eigenvalue weighted by atomic mass is 10.1. The summed E-state index contributed by atoms with van der Waals surface area (Å²) in [6.07, 6.45) is 5.49. The van der Waals surface area contributed by atoms with Crippen LogP contribution in [0.5, 0.6) is 0 Å². The van der Waals surface area contributed by atoms with E-state index in [1.807, 2.05) is 6.07 Å². The summed E-state index contributed by atoms with van der Waals surface area (Å²) in [5.41, 5.74) is -0.351. The first-order valence-corrected chi connectivity index (χ1v) is 8.10. The van der Waals surface area contributed by atoms with Crippen molar-refractivity contribution in [2.45, 2.75) is 30.8 Å². The van der Waals surface area contributed by atoms with Crippen LogP contribution in [0.1, 0.15) is 30.9 Å². The van der Waals surface area contributed by atoms with Crippen molar-refractivity contribution in [3.05, 3.63) is 36.4 Å². The number of pyridine rings is 1. The molecule has 8 heteroatoms. The molecular weight excluding hydrogens is 320 g/mol. The average Bonchev–Trinajstić information content (AvgIpc) is 3.43. The molecule has 0 spiro atoms. The second-order valence-electron chi connectivity index (χ2n) is 6.31. The maximum absolute atomic E-state index is 12.2. The number of rotatable bonds is 4. The Morgan fingerprint density at radius 2 is 2.08 bits per heavy atom. The van der Waals surface area contributed by atoms with Gasteiger partial charge >= 0.3 is 0 Å². The zero-order valence-corrected chi connectivity index (χ0v) is 13.4. The molecule has 0 radical (unpaired) electrons. The molecule has 2 N–H and O–H groups in total. The van der Waals surface area contributed by atoms with Crippen LogP contribution in [0.4, 0.5) is 17.3 Å². The third-order valence-corrected chi connectivity index (χ3v) is 4.48. The van der Waals surface area contributed by atoms with Crippen molar-refractivity contribution < 1.29 is 9.90 Å². The van der Waals surface area contributed by atoms with Gasteiger partial charge in [-0.15, -0.1) is 0 Å². The summed E-state index contributed by atoms with van der Waals surface area (Å²) in [6.45, 7) is 0.283. The molecule has 0 bridgehead atoms. The number of aromatic nitrogens is 3. The van der Waals surface area contributed by atoms with E-state index in [0.717, 1.165) is 18.5 Å². The van der Waals surface area contributed by atoms with Gasteiger partial charge in [-0.3, -0.25) is 4.79 Å². The molecular formula is C17H16N6O2. The van der Waals surface area contributed by atoms with Crippen molar-refractivity contribution in [1.82, 2.24) is 15.0 Å². The Bertz CT molecular complexity index is 875. The normalized spacial score (nSPS) is 22.7. The summed E-state index contributed by atoms with van der Waals surface area (Å²) in [4.78, 5) is 26.4. The molecule has 2 aliphatic rings. The Labute approximate surface area is 144 Å². The van der Waals surface area contributed by atoms with Crippen LogP contribution in [0.15, 0.2) is 30.7 Å². The van der Waals surface area contributed by atoms with Gasteiger partial charge in [0.05, 0.1) is 0 Å². The van der Waals surface area contributed by atoms with E-state index in [9.17, 15) is 9.90 Å². The van der Waals surface area contributed by atoms with E-state index in [1.54, 1.807) is 24.4 Å². The molecule has 2 aromatic heterocycles. The highest BCUT2D eigenvalue weighted by Crippen LogP contribution is 2.39. The zero-order chi connectivity index (χ0) is 17.4. The lowest BCUT2D eigenvalue weighted by molar-refractivity contribution is -0.128. The fourth-order valence-electron chi connectivity index (χ4n) is 2.89. The maximum atomic E-state index is 12.2. The minimum atomic E-state index is -1.94. The summed E-state index contributed by atoms with van der Waals surface area (Å²) >= 11 is 0. The second-order valence-corrected chi connectivity index (χ2v) is 6.31. The average molecular weight is 336 g/mol. The van der Waals surface area contributed by atoms with Gasteiger partial charge in [0.15, 0.2) is 0 Å². The monoisotopic (exact) mass is 336 g/mol. The van der Waals surface area contributed by atoms with Crippen molar-refractivity contribution in [2.24, 2.45) is 0 Å². The summed E-state index contributed by atoms with van der Waals surface area (Å²) in [7, 11) is 0. The van der Waals surface area contributed by atoms with Crippen LogP contribution in [0, 0.1) is 11.3 Å². The SMILES string of the molecule is N#C[C@@]1(O)CCN(c2ccnc(Nc3cc(C4CC4)ncn3)c2)C1=O. The van der Waals surface area contributed by atoms with Crippen molar-refractivity contribution in [3.8, 4) is 6.07 Å². The van der Waals surface area contributed by atoms with E-state index < -0.39 is 11.5 Å². The van der Waals surface area contributed by atoms with Crippen molar-refractivity contribution in [2.75, 3.05) is 16.8 Å². The summed E-state index contributed by atoms with van der Waals surface area (Å²) in [6, 6.07) is 6.95. The molecule has 4 rings (SSSR count). The quantitative estimate of drug-likeness (QED) is 0.813. The topological polar surface area (TPSA) is 115 Å². The van der Waals surface area contributed by atoms with Crippen LogP contribution in [-0.4, -0.2) is 38.1 Å². The minimum absolute atomic E-state index is 0.0874. The first-order chi connectivity index (χ1) is 12.1. The van der Waals surface area contributed by atoms with Crippen molar-refractivity contribution >= 4 is 23.2 Å². The Morgan fingerprint density at radius 3 is 2.80 bits per heavy atom. The van der Waals surface area contributed by atoms with E-state index >= 15 is 0 Å². The molecule has 1 aliphatic heterocycles. The number of carbonyl (C=O) groups is 1. The summed E-state index contributed by atoms with van der Waals surface area (Å²) < 4.78 is 0. The zero-order valence-electron chi connectivity index (χ0n) is 13.4. The van der Waals surface area contributed by atoms with E-state index in [-0.39, 0.29) is 13.0 Å². The molecule has 3 heterocycles. The van der Waals surface area contributed by atoms with Gasteiger partial charge in [-0.25, -0.2) is 15.0 Å².